The largest absolute Gasteiger partial charge is 0.396 e. The highest BCUT2D eigenvalue weighted by Crippen LogP contribution is 2.27. The van der Waals surface area contributed by atoms with Gasteiger partial charge in [-0.1, -0.05) is 18.2 Å². The quantitative estimate of drug-likeness (QED) is 0.767. The number of amides is 2. The van der Waals surface area contributed by atoms with Gasteiger partial charge in [-0.3, -0.25) is 4.98 Å². The number of nitrogens with zero attached hydrogens (tertiary/aromatic N) is 4. The van der Waals surface area contributed by atoms with Gasteiger partial charge in [-0.15, -0.1) is 0 Å². The molecule has 0 radical (unpaired) electrons. The van der Waals surface area contributed by atoms with Crippen LogP contribution in [0.5, 0.6) is 0 Å². The minimum Gasteiger partial charge on any atom is -0.396 e. The molecule has 1 aromatic heterocycles. The van der Waals surface area contributed by atoms with E-state index in [0.29, 0.717) is 19.5 Å². The molecule has 1 aliphatic rings. The minimum absolute atomic E-state index is 0.0503. The summed E-state index contributed by atoms with van der Waals surface area (Å²) in [5, 5.41) is 12.3. The molecule has 1 fully saturated rings. The third kappa shape index (κ3) is 5.43. The van der Waals surface area contributed by atoms with Gasteiger partial charge in [-0.25, -0.2) is 4.79 Å². The number of carbonyl (C=O) groups is 1. The van der Waals surface area contributed by atoms with E-state index in [1.165, 1.54) is 0 Å². The lowest BCUT2D eigenvalue weighted by Crippen LogP contribution is -2.45. The van der Waals surface area contributed by atoms with E-state index in [1.54, 1.807) is 17.3 Å². The molecule has 1 aliphatic heterocycles. The monoisotopic (exact) mass is 383 g/mol. The zero-order chi connectivity index (χ0) is 19.8. The first-order chi connectivity index (χ1) is 13.7. The molecule has 0 saturated carbocycles. The fourth-order valence-electron chi connectivity index (χ4n) is 3.32. The Kier molecular flexibility index (Phi) is 7.22. The number of benzene rings is 1. The van der Waals surface area contributed by atoms with Gasteiger partial charge in [-0.2, -0.15) is 0 Å². The maximum atomic E-state index is 13.0. The Balaban J connectivity index is 1.72. The van der Waals surface area contributed by atoms with Crippen molar-refractivity contribution in [2.24, 2.45) is 0 Å². The van der Waals surface area contributed by atoms with Crippen molar-refractivity contribution in [1.82, 2.24) is 14.8 Å². The molecule has 28 heavy (non-hydrogen) atoms. The summed E-state index contributed by atoms with van der Waals surface area (Å²) >= 11 is 0. The highest BCUT2D eigenvalue weighted by Gasteiger charge is 2.20. The van der Waals surface area contributed by atoms with Crippen LogP contribution in [0.1, 0.15) is 12.0 Å². The second kappa shape index (κ2) is 10.1. The molecule has 7 nitrogen and oxygen atoms in total. The zero-order valence-corrected chi connectivity index (χ0v) is 16.4. The Hall–Kier alpha value is -2.64. The predicted octanol–water partition coefficient (Wildman–Crippen LogP) is 2.25. The normalized spacial score (nSPS) is 14.7. The number of piperazine rings is 1. The summed E-state index contributed by atoms with van der Waals surface area (Å²) in [6.45, 7) is 4.87. The van der Waals surface area contributed by atoms with E-state index in [4.69, 9.17) is 0 Å². The van der Waals surface area contributed by atoms with E-state index in [1.807, 2.05) is 30.3 Å². The number of carbonyl (C=O) groups excluding carboxylic acids is 1. The number of hydrogen-bond donors (Lipinski definition) is 2. The number of rotatable bonds is 7. The van der Waals surface area contributed by atoms with E-state index >= 15 is 0 Å². The van der Waals surface area contributed by atoms with Crippen LogP contribution >= 0.6 is 0 Å². The Morgan fingerprint density at radius 3 is 2.68 bits per heavy atom. The Labute approximate surface area is 166 Å². The van der Waals surface area contributed by atoms with Gasteiger partial charge < -0.3 is 25.1 Å². The first-order valence-electron chi connectivity index (χ1n) is 9.75. The zero-order valence-electron chi connectivity index (χ0n) is 16.4. The number of hydrogen-bond acceptors (Lipinski definition) is 5. The van der Waals surface area contributed by atoms with E-state index in [0.717, 1.165) is 43.1 Å². The second-order valence-corrected chi connectivity index (χ2v) is 7.10. The van der Waals surface area contributed by atoms with E-state index < -0.39 is 0 Å². The highest BCUT2D eigenvalue weighted by molar-refractivity contribution is 5.93. The molecule has 1 saturated heterocycles. The van der Waals surface area contributed by atoms with Crippen LogP contribution < -0.4 is 10.2 Å². The molecular weight excluding hydrogens is 354 g/mol. The third-order valence-corrected chi connectivity index (χ3v) is 4.96. The molecule has 0 aliphatic carbocycles. The number of aliphatic hydroxyl groups excluding tert-OH is 1. The molecule has 3 rings (SSSR count). The number of urea groups is 1. The lowest BCUT2D eigenvalue weighted by molar-refractivity contribution is 0.199. The number of aromatic nitrogens is 1. The summed E-state index contributed by atoms with van der Waals surface area (Å²) in [6.07, 6.45) is 4.01. The fourth-order valence-corrected chi connectivity index (χ4v) is 3.32. The average Bonchev–Trinajstić information content (AvgIpc) is 2.73. The number of nitrogens with one attached hydrogen (secondary N) is 1. The summed E-state index contributed by atoms with van der Waals surface area (Å²) in [5.74, 6) is 0. The molecule has 0 bridgehead atoms. The van der Waals surface area contributed by atoms with Gasteiger partial charge in [0.1, 0.15) is 0 Å². The maximum Gasteiger partial charge on any atom is 0.322 e. The number of likely N-dealkylation sites (N-methyl/N-ethyl adjacent to an activating group) is 1. The van der Waals surface area contributed by atoms with Crippen molar-refractivity contribution in [1.29, 1.82) is 0 Å². The van der Waals surface area contributed by atoms with Gasteiger partial charge in [0.2, 0.25) is 0 Å². The summed E-state index contributed by atoms with van der Waals surface area (Å²) in [6, 6.07) is 11.6. The standard InChI is InChI=1S/C21H29N5O2/c1-24-11-13-25(14-12-24)20-8-3-2-7-19(20)23-21(28)26(10-5-15-27)17-18-6-4-9-22-16-18/h2-4,6-9,16,27H,5,10-15,17H2,1H3,(H,23,28). The number of aliphatic hydroxyl groups is 1. The van der Waals surface area contributed by atoms with Crippen LogP contribution in [-0.4, -0.2) is 72.3 Å². The van der Waals surface area contributed by atoms with Crippen LogP contribution in [0.25, 0.3) is 0 Å². The summed E-state index contributed by atoms with van der Waals surface area (Å²) in [5.41, 5.74) is 2.83. The summed E-state index contributed by atoms with van der Waals surface area (Å²) in [7, 11) is 2.13. The van der Waals surface area contributed by atoms with Crippen molar-refractivity contribution in [3.8, 4) is 0 Å². The molecule has 0 spiro atoms. The van der Waals surface area contributed by atoms with Gasteiger partial charge in [0.25, 0.3) is 0 Å². The minimum atomic E-state index is -0.168. The third-order valence-electron chi connectivity index (χ3n) is 4.96. The number of pyridine rings is 1. The molecule has 150 valence electrons. The first-order valence-corrected chi connectivity index (χ1v) is 9.75. The Morgan fingerprint density at radius 1 is 1.18 bits per heavy atom. The van der Waals surface area contributed by atoms with Gasteiger partial charge in [0.15, 0.2) is 0 Å². The SMILES string of the molecule is CN1CCN(c2ccccc2NC(=O)N(CCCO)Cc2cccnc2)CC1. The van der Waals surface area contributed by atoms with Crippen molar-refractivity contribution in [2.45, 2.75) is 13.0 Å². The van der Waals surface area contributed by atoms with Crippen LogP contribution in [0.2, 0.25) is 0 Å². The summed E-state index contributed by atoms with van der Waals surface area (Å²) < 4.78 is 0. The Morgan fingerprint density at radius 2 is 1.96 bits per heavy atom. The van der Waals surface area contributed by atoms with Crippen molar-refractivity contribution in [3.05, 3.63) is 54.4 Å². The van der Waals surface area contributed by atoms with Crippen molar-refractivity contribution < 1.29 is 9.90 Å². The van der Waals surface area contributed by atoms with Crippen molar-refractivity contribution >= 4 is 17.4 Å². The maximum absolute atomic E-state index is 13.0. The molecule has 2 heterocycles. The van der Waals surface area contributed by atoms with Crippen LogP contribution in [0, 0.1) is 0 Å². The number of anilines is 2. The summed E-state index contributed by atoms with van der Waals surface area (Å²) in [4.78, 5) is 23.5. The van der Waals surface area contributed by atoms with Gasteiger partial charge in [0, 0.05) is 58.3 Å². The molecule has 2 aromatic rings. The van der Waals surface area contributed by atoms with Crippen molar-refractivity contribution in [3.63, 3.8) is 0 Å². The molecule has 2 amide bonds. The smallest absolute Gasteiger partial charge is 0.322 e. The molecule has 7 heteroatoms. The second-order valence-electron chi connectivity index (χ2n) is 7.10. The van der Waals surface area contributed by atoms with Crippen LogP contribution in [0.15, 0.2) is 48.8 Å². The Bertz CT molecular complexity index is 747. The molecule has 0 unspecified atom stereocenters. The average molecular weight is 383 g/mol. The van der Waals surface area contributed by atoms with E-state index in [9.17, 15) is 9.90 Å². The lowest BCUT2D eigenvalue weighted by atomic mass is 10.2. The highest BCUT2D eigenvalue weighted by atomic mass is 16.3. The van der Waals surface area contributed by atoms with Crippen LogP contribution in [-0.2, 0) is 6.54 Å². The van der Waals surface area contributed by atoms with Gasteiger partial charge >= 0.3 is 6.03 Å². The topological polar surface area (TPSA) is 71.9 Å². The van der Waals surface area contributed by atoms with Crippen LogP contribution in [0.4, 0.5) is 16.2 Å². The van der Waals surface area contributed by atoms with E-state index in [-0.39, 0.29) is 12.6 Å². The molecule has 1 aromatic carbocycles. The van der Waals surface area contributed by atoms with E-state index in [2.05, 4.69) is 33.2 Å². The van der Waals surface area contributed by atoms with Gasteiger partial charge in [-0.05, 0) is 37.2 Å². The molecular formula is C21H29N5O2. The lowest BCUT2D eigenvalue weighted by Gasteiger charge is -2.35. The van der Waals surface area contributed by atoms with Crippen LogP contribution in [0.3, 0.4) is 0 Å². The molecule has 0 atom stereocenters. The molecule has 2 N–H and O–H groups in total. The number of para-hydroxylation sites is 2. The fraction of sp³-hybridized carbons (Fsp3) is 0.429. The first kappa shape index (κ1) is 20.1. The van der Waals surface area contributed by atoms with Gasteiger partial charge in [0.05, 0.1) is 11.4 Å². The predicted molar refractivity (Wildman–Crippen MR) is 112 cm³/mol. The van der Waals surface area contributed by atoms with Crippen molar-refractivity contribution in [2.75, 3.05) is 56.6 Å².